The molecule has 2 aliphatic rings. The van der Waals surface area contributed by atoms with Gasteiger partial charge >= 0.3 is 0 Å². The van der Waals surface area contributed by atoms with Crippen molar-refractivity contribution in [3.63, 3.8) is 0 Å². The number of carbonyl (C=O) groups excluding carboxylic acids is 2. The minimum Gasteiger partial charge on any atom is -0.362 e. The van der Waals surface area contributed by atoms with E-state index in [2.05, 4.69) is 22.3 Å². The quantitative estimate of drug-likeness (QED) is 0.614. The molecule has 4 rings (SSSR count). The number of nitrogens with one attached hydrogen (secondary N) is 1. The SMILES string of the molecule is CC(=O)N1CCC(C(=O)NCC2CCC(CCCc3nc(N(C)C)c4ccccc4n3)CC2)CC1. The van der Waals surface area contributed by atoms with Gasteiger partial charge in [0.2, 0.25) is 11.8 Å². The van der Waals surface area contributed by atoms with E-state index in [1.54, 1.807) is 6.92 Å². The van der Waals surface area contributed by atoms with Crippen LogP contribution in [-0.2, 0) is 16.0 Å². The lowest BCUT2D eigenvalue weighted by Crippen LogP contribution is -2.43. The van der Waals surface area contributed by atoms with Crippen molar-refractivity contribution in [2.75, 3.05) is 38.6 Å². The molecule has 1 aliphatic carbocycles. The first-order valence-corrected chi connectivity index (χ1v) is 13.4. The summed E-state index contributed by atoms with van der Waals surface area (Å²) in [4.78, 5) is 37.6. The molecular weight excluding hydrogens is 438 g/mol. The van der Waals surface area contributed by atoms with Crippen LogP contribution in [0.25, 0.3) is 10.9 Å². The molecule has 2 amide bonds. The van der Waals surface area contributed by atoms with Gasteiger partial charge < -0.3 is 15.1 Å². The zero-order valence-electron chi connectivity index (χ0n) is 21.6. The number of carbonyl (C=O) groups is 2. The molecule has 0 atom stereocenters. The van der Waals surface area contributed by atoms with Crippen molar-refractivity contribution in [1.82, 2.24) is 20.2 Å². The Balaban J connectivity index is 1.16. The molecule has 2 fully saturated rings. The standard InChI is InChI=1S/C28H41N5O2/c1-20(34)33-17-15-23(16-18-33)28(35)29-19-22-13-11-21(12-14-22)7-6-10-26-30-25-9-5-4-8-24(25)27(31-26)32(2)3/h4-5,8-9,21-23H,6-7,10-19H2,1-3H3,(H,29,35). The summed E-state index contributed by atoms with van der Waals surface area (Å²) in [5, 5.41) is 4.32. The highest BCUT2D eigenvalue weighted by Gasteiger charge is 2.27. The number of nitrogens with zero attached hydrogens (tertiary/aromatic N) is 4. The molecule has 1 aliphatic heterocycles. The molecule has 0 bridgehead atoms. The molecular formula is C28H41N5O2. The predicted octanol–water partition coefficient (Wildman–Crippen LogP) is 4.20. The van der Waals surface area contributed by atoms with Gasteiger partial charge in [-0.1, -0.05) is 31.4 Å². The summed E-state index contributed by atoms with van der Waals surface area (Å²) in [7, 11) is 4.08. The molecule has 1 N–H and O–H groups in total. The van der Waals surface area contributed by atoms with Crippen LogP contribution in [0.2, 0.25) is 0 Å². The Morgan fingerprint density at radius 2 is 1.69 bits per heavy atom. The van der Waals surface area contributed by atoms with Crippen molar-refractivity contribution >= 4 is 28.5 Å². The highest BCUT2D eigenvalue weighted by molar-refractivity contribution is 5.89. The molecule has 0 radical (unpaired) electrons. The zero-order valence-corrected chi connectivity index (χ0v) is 21.6. The van der Waals surface area contributed by atoms with Crippen molar-refractivity contribution in [3.8, 4) is 0 Å². The number of piperidine rings is 1. The number of aromatic nitrogens is 2. The first-order chi connectivity index (χ1) is 16.9. The average molecular weight is 480 g/mol. The highest BCUT2D eigenvalue weighted by atomic mass is 16.2. The fourth-order valence-electron chi connectivity index (χ4n) is 5.68. The molecule has 35 heavy (non-hydrogen) atoms. The monoisotopic (exact) mass is 479 g/mol. The molecule has 7 heteroatoms. The minimum absolute atomic E-state index is 0.0623. The van der Waals surface area contributed by atoms with Gasteiger partial charge in [-0.25, -0.2) is 9.97 Å². The Kier molecular flexibility index (Phi) is 8.58. The maximum absolute atomic E-state index is 12.6. The smallest absolute Gasteiger partial charge is 0.223 e. The van der Waals surface area contributed by atoms with Crippen LogP contribution in [0.3, 0.4) is 0 Å². The van der Waals surface area contributed by atoms with Gasteiger partial charge in [-0.3, -0.25) is 9.59 Å². The lowest BCUT2D eigenvalue weighted by Gasteiger charge is -2.32. The number of benzene rings is 1. The van der Waals surface area contributed by atoms with E-state index in [1.807, 2.05) is 31.1 Å². The second-order valence-electron chi connectivity index (χ2n) is 10.7. The highest BCUT2D eigenvalue weighted by Crippen LogP contribution is 2.32. The fourth-order valence-corrected chi connectivity index (χ4v) is 5.68. The van der Waals surface area contributed by atoms with E-state index < -0.39 is 0 Å². The van der Waals surface area contributed by atoms with E-state index in [4.69, 9.17) is 9.97 Å². The van der Waals surface area contributed by atoms with Crippen molar-refractivity contribution in [2.45, 2.75) is 64.7 Å². The first kappa shape index (κ1) is 25.4. The second-order valence-corrected chi connectivity index (χ2v) is 10.7. The molecule has 1 aromatic heterocycles. The molecule has 1 saturated carbocycles. The molecule has 1 saturated heterocycles. The number of hydrogen-bond acceptors (Lipinski definition) is 5. The fraction of sp³-hybridized carbons (Fsp3) is 0.643. The second kappa shape index (κ2) is 11.8. The van der Waals surface area contributed by atoms with E-state index in [9.17, 15) is 9.59 Å². The van der Waals surface area contributed by atoms with Gasteiger partial charge in [-0.05, 0) is 56.1 Å². The Morgan fingerprint density at radius 1 is 1.00 bits per heavy atom. The van der Waals surface area contributed by atoms with Crippen LogP contribution < -0.4 is 10.2 Å². The third-order valence-electron chi connectivity index (χ3n) is 7.91. The molecule has 7 nitrogen and oxygen atoms in total. The van der Waals surface area contributed by atoms with Crippen LogP contribution in [-0.4, -0.2) is 60.4 Å². The summed E-state index contributed by atoms with van der Waals surface area (Å²) in [6.45, 7) is 3.82. The summed E-state index contributed by atoms with van der Waals surface area (Å²) in [6.07, 6.45) is 9.74. The molecule has 2 aromatic rings. The summed E-state index contributed by atoms with van der Waals surface area (Å²) < 4.78 is 0. The van der Waals surface area contributed by atoms with Crippen molar-refractivity contribution < 1.29 is 9.59 Å². The zero-order chi connectivity index (χ0) is 24.8. The largest absolute Gasteiger partial charge is 0.362 e. The van der Waals surface area contributed by atoms with E-state index >= 15 is 0 Å². The minimum atomic E-state index is 0.0623. The number of hydrogen-bond donors (Lipinski definition) is 1. The van der Waals surface area contributed by atoms with Gasteiger partial charge in [0.1, 0.15) is 11.6 Å². The number of aryl methyl sites for hydroxylation is 1. The third-order valence-corrected chi connectivity index (χ3v) is 7.91. The number of fused-ring (bicyclic) bond motifs is 1. The van der Waals surface area contributed by atoms with Crippen LogP contribution in [0.1, 0.15) is 64.1 Å². The third kappa shape index (κ3) is 6.71. The van der Waals surface area contributed by atoms with E-state index in [-0.39, 0.29) is 17.7 Å². The summed E-state index contributed by atoms with van der Waals surface area (Å²) in [6, 6.07) is 8.24. The van der Waals surface area contributed by atoms with Crippen LogP contribution in [0.15, 0.2) is 24.3 Å². The Labute approximate surface area is 209 Å². The Hall–Kier alpha value is -2.70. The topological polar surface area (TPSA) is 78.4 Å². The maximum atomic E-state index is 12.6. The van der Waals surface area contributed by atoms with Crippen molar-refractivity contribution in [1.29, 1.82) is 0 Å². The number of anilines is 1. The summed E-state index contributed by atoms with van der Waals surface area (Å²) in [5.41, 5.74) is 1.02. The van der Waals surface area contributed by atoms with Crippen molar-refractivity contribution in [2.24, 2.45) is 17.8 Å². The van der Waals surface area contributed by atoms with Gasteiger partial charge in [0.05, 0.1) is 5.52 Å². The van der Waals surface area contributed by atoms with Gasteiger partial charge in [-0.2, -0.15) is 0 Å². The normalized spacial score (nSPS) is 21.2. The molecule has 0 spiro atoms. The van der Waals surface area contributed by atoms with Gasteiger partial charge in [0.15, 0.2) is 0 Å². The van der Waals surface area contributed by atoms with Crippen LogP contribution in [0.5, 0.6) is 0 Å². The maximum Gasteiger partial charge on any atom is 0.223 e. The molecule has 1 aromatic carbocycles. The van der Waals surface area contributed by atoms with Crippen molar-refractivity contribution in [3.05, 3.63) is 30.1 Å². The van der Waals surface area contributed by atoms with E-state index in [0.717, 1.165) is 60.7 Å². The summed E-state index contributed by atoms with van der Waals surface area (Å²) in [5.74, 6) is 3.67. The van der Waals surface area contributed by atoms with Gasteiger partial charge in [0, 0.05) is 58.4 Å². The van der Waals surface area contributed by atoms with Crippen LogP contribution >= 0.6 is 0 Å². The van der Waals surface area contributed by atoms with Crippen LogP contribution in [0, 0.1) is 17.8 Å². The number of rotatable bonds is 8. The average Bonchev–Trinajstić information content (AvgIpc) is 2.87. The lowest BCUT2D eigenvalue weighted by molar-refractivity contribution is -0.134. The molecule has 0 unspecified atom stereocenters. The molecule has 190 valence electrons. The lowest BCUT2D eigenvalue weighted by atomic mass is 9.79. The Morgan fingerprint density at radius 3 is 2.37 bits per heavy atom. The van der Waals surface area contributed by atoms with E-state index in [0.29, 0.717) is 19.0 Å². The van der Waals surface area contributed by atoms with Gasteiger partial charge in [0.25, 0.3) is 0 Å². The predicted molar refractivity (Wildman–Crippen MR) is 140 cm³/mol. The molecule has 2 heterocycles. The number of likely N-dealkylation sites (tertiary alicyclic amines) is 1. The number of amides is 2. The Bertz CT molecular complexity index is 1010. The number of para-hydroxylation sites is 1. The van der Waals surface area contributed by atoms with Crippen LogP contribution in [0.4, 0.5) is 5.82 Å². The first-order valence-electron chi connectivity index (χ1n) is 13.4. The van der Waals surface area contributed by atoms with E-state index in [1.165, 1.54) is 32.1 Å². The van der Waals surface area contributed by atoms with Gasteiger partial charge in [-0.15, -0.1) is 0 Å². The summed E-state index contributed by atoms with van der Waals surface area (Å²) >= 11 is 0.